The zero-order chi connectivity index (χ0) is 14.6. The highest BCUT2D eigenvalue weighted by atomic mass is 35.5. The van der Waals surface area contributed by atoms with Crippen molar-refractivity contribution in [2.45, 2.75) is 37.6 Å². The van der Waals surface area contributed by atoms with E-state index in [1.165, 1.54) is 10.4 Å². The molecule has 0 aliphatic carbocycles. The Kier molecular flexibility index (Phi) is 5.85. The van der Waals surface area contributed by atoms with Gasteiger partial charge >= 0.3 is 0 Å². The van der Waals surface area contributed by atoms with Crippen molar-refractivity contribution in [3.05, 3.63) is 17.6 Å². The van der Waals surface area contributed by atoms with E-state index in [1.54, 1.807) is 21.0 Å². The maximum Gasteiger partial charge on any atom is 0.246 e. The number of rotatable bonds is 7. The van der Waals surface area contributed by atoms with Crippen LogP contribution < -0.4 is 0 Å². The van der Waals surface area contributed by atoms with Gasteiger partial charge < -0.3 is 9.15 Å². The van der Waals surface area contributed by atoms with Crippen LogP contribution in [0.3, 0.4) is 0 Å². The number of likely N-dealkylation sites (N-methyl/N-ethyl adjacent to an activating group) is 1. The molecule has 110 valence electrons. The first-order chi connectivity index (χ1) is 8.88. The number of hydrogen-bond donors (Lipinski definition) is 0. The Bertz CT molecular complexity index is 512. The molecule has 0 amide bonds. The summed E-state index contributed by atoms with van der Waals surface area (Å²) in [6.07, 6.45) is 0. The number of sulfonamides is 1. The monoisotopic (exact) mass is 309 g/mol. The first kappa shape index (κ1) is 16.5. The average molecular weight is 310 g/mol. The number of aryl methyl sites for hydroxylation is 1. The Hall–Kier alpha value is -0.560. The standard InChI is InChI=1S/C12H20ClNO4S/c1-5-14(9(2)8-17-4)19(15,16)12-6-11(7-13)18-10(12)3/h6,9H,5,7-8H2,1-4H3. The summed E-state index contributed by atoms with van der Waals surface area (Å²) >= 11 is 5.67. The second-order valence-corrected chi connectivity index (χ2v) is 6.41. The zero-order valence-corrected chi connectivity index (χ0v) is 13.2. The van der Waals surface area contributed by atoms with Crippen LogP contribution in [0.25, 0.3) is 0 Å². The number of ether oxygens (including phenoxy) is 1. The quantitative estimate of drug-likeness (QED) is 0.726. The van der Waals surface area contributed by atoms with E-state index in [4.69, 9.17) is 20.8 Å². The summed E-state index contributed by atoms with van der Waals surface area (Å²) in [7, 11) is -2.04. The fourth-order valence-electron chi connectivity index (χ4n) is 2.02. The maximum absolute atomic E-state index is 12.6. The minimum atomic E-state index is -3.59. The second kappa shape index (κ2) is 6.74. The molecule has 0 bridgehead atoms. The summed E-state index contributed by atoms with van der Waals surface area (Å²) in [5.74, 6) is 0.961. The Morgan fingerprint density at radius 1 is 1.53 bits per heavy atom. The Balaban J connectivity index is 3.16. The van der Waals surface area contributed by atoms with Crippen molar-refractivity contribution in [3.8, 4) is 0 Å². The molecule has 1 heterocycles. The molecular formula is C12H20ClNO4S. The number of alkyl halides is 1. The number of halogens is 1. The third-order valence-corrected chi connectivity index (χ3v) is 5.31. The van der Waals surface area contributed by atoms with Crippen molar-refractivity contribution >= 4 is 21.6 Å². The van der Waals surface area contributed by atoms with E-state index in [0.717, 1.165) is 0 Å². The topological polar surface area (TPSA) is 59.8 Å². The minimum Gasteiger partial charge on any atom is -0.464 e. The lowest BCUT2D eigenvalue weighted by atomic mass is 10.4. The van der Waals surface area contributed by atoms with E-state index in [2.05, 4.69) is 0 Å². The van der Waals surface area contributed by atoms with Crippen LogP contribution in [0.1, 0.15) is 25.4 Å². The van der Waals surface area contributed by atoms with Crippen molar-refractivity contribution in [3.63, 3.8) is 0 Å². The molecule has 0 saturated carbocycles. The summed E-state index contributed by atoms with van der Waals surface area (Å²) in [5.41, 5.74) is 0. The summed E-state index contributed by atoms with van der Waals surface area (Å²) in [5, 5.41) is 0. The van der Waals surface area contributed by atoms with Gasteiger partial charge in [-0.15, -0.1) is 11.6 Å². The van der Waals surface area contributed by atoms with Gasteiger partial charge in [0, 0.05) is 25.8 Å². The van der Waals surface area contributed by atoms with Gasteiger partial charge in [0.05, 0.1) is 12.5 Å². The molecule has 0 aliphatic rings. The molecule has 1 rings (SSSR count). The van der Waals surface area contributed by atoms with Crippen molar-refractivity contribution in [2.75, 3.05) is 20.3 Å². The Labute approximate surface area is 119 Å². The van der Waals surface area contributed by atoms with Gasteiger partial charge in [0.2, 0.25) is 10.0 Å². The lowest BCUT2D eigenvalue weighted by Gasteiger charge is -2.26. The van der Waals surface area contributed by atoms with Gasteiger partial charge in [0.25, 0.3) is 0 Å². The highest BCUT2D eigenvalue weighted by Crippen LogP contribution is 2.25. The fraction of sp³-hybridized carbons (Fsp3) is 0.667. The summed E-state index contributed by atoms with van der Waals surface area (Å²) in [6.45, 7) is 5.93. The maximum atomic E-state index is 12.6. The van der Waals surface area contributed by atoms with E-state index in [-0.39, 0.29) is 16.8 Å². The predicted octanol–water partition coefficient (Wildman–Crippen LogP) is 2.37. The van der Waals surface area contributed by atoms with Crippen molar-refractivity contribution in [1.29, 1.82) is 0 Å². The van der Waals surface area contributed by atoms with Crippen LogP contribution in [0.15, 0.2) is 15.4 Å². The van der Waals surface area contributed by atoms with Crippen LogP contribution in [-0.4, -0.2) is 39.0 Å². The minimum absolute atomic E-state index is 0.149. The third kappa shape index (κ3) is 3.51. The van der Waals surface area contributed by atoms with E-state index >= 15 is 0 Å². The summed E-state index contributed by atoms with van der Waals surface area (Å²) in [6, 6.07) is 1.24. The van der Waals surface area contributed by atoms with Crippen LogP contribution in [0.2, 0.25) is 0 Å². The van der Waals surface area contributed by atoms with Gasteiger partial charge in [-0.1, -0.05) is 6.92 Å². The third-order valence-electron chi connectivity index (χ3n) is 2.85. The van der Waals surface area contributed by atoms with Crippen LogP contribution in [0, 0.1) is 6.92 Å². The molecule has 1 atom stereocenters. The molecule has 1 aromatic rings. The van der Waals surface area contributed by atoms with Gasteiger partial charge in [-0.25, -0.2) is 8.42 Å². The number of nitrogens with zero attached hydrogens (tertiary/aromatic N) is 1. The smallest absolute Gasteiger partial charge is 0.246 e. The summed E-state index contributed by atoms with van der Waals surface area (Å²) < 4.78 is 36.9. The Morgan fingerprint density at radius 3 is 2.58 bits per heavy atom. The normalized spacial score (nSPS) is 14.0. The van der Waals surface area contributed by atoms with Crippen molar-refractivity contribution in [2.24, 2.45) is 0 Å². The summed E-state index contributed by atoms with van der Waals surface area (Å²) in [4.78, 5) is 0.174. The van der Waals surface area contributed by atoms with Gasteiger partial charge in [0.15, 0.2) is 0 Å². The molecule has 1 aromatic heterocycles. The first-order valence-corrected chi connectivity index (χ1v) is 8.02. The van der Waals surface area contributed by atoms with Crippen molar-refractivity contribution < 1.29 is 17.6 Å². The average Bonchev–Trinajstić information content (AvgIpc) is 2.72. The molecule has 0 N–H and O–H groups in total. The van der Waals surface area contributed by atoms with E-state index < -0.39 is 10.0 Å². The second-order valence-electron chi connectivity index (χ2n) is 4.28. The zero-order valence-electron chi connectivity index (χ0n) is 11.6. The van der Waals surface area contributed by atoms with Crippen LogP contribution in [0.4, 0.5) is 0 Å². The SMILES string of the molecule is CCN(C(C)COC)S(=O)(=O)c1cc(CCl)oc1C. The van der Waals surface area contributed by atoms with Crippen LogP contribution in [-0.2, 0) is 20.6 Å². The highest BCUT2D eigenvalue weighted by molar-refractivity contribution is 7.89. The molecular weight excluding hydrogens is 290 g/mol. The van der Waals surface area contributed by atoms with E-state index in [9.17, 15) is 8.42 Å². The van der Waals surface area contributed by atoms with Crippen LogP contribution in [0.5, 0.6) is 0 Å². The molecule has 0 fully saturated rings. The molecule has 0 radical (unpaired) electrons. The lowest BCUT2D eigenvalue weighted by Crippen LogP contribution is -2.40. The lowest BCUT2D eigenvalue weighted by molar-refractivity contribution is 0.142. The molecule has 0 aromatic carbocycles. The molecule has 0 saturated heterocycles. The Morgan fingerprint density at radius 2 is 2.16 bits per heavy atom. The molecule has 19 heavy (non-hydrogen) atoms. The number of furan rings is 1. The molecule has 5 nitrogen and oxygen atoms in total. The largest absolute Gasteiger partial charge is 0.464 e. The highest BCUT2D eigenvalue weighted by Gasteiger charge is 2.31. The first-order valence-electron chi connectivity index (χ1n) is 6.04. The predicted molar refractivity (Wildman–Crippen MR) is 73.9 cm³/mol. The van der Waals surface area contributed by atoms with Gasteiger partial charge in [-0.3, -0.25) is 0 Å². The fourth-order valence-corrected chi connectivity index (χ4v) is 3.96. The van der Waals surface area contributed by atoms with Crippen LogP contribution >= 0.6 is 11.6 Å². The number of hydrogen-bond acceptors (Lipinski definition) is 4. The molecule has 7 heteroatoms. The molecule has 0 spiro atoms. The number of methoxy groups -OCH3 is 1. The molecule has 1 unspecified atom stereocenters. The van der Waals surface area contributed by atoms with Gasteiger partial charge in [-0.2, -0.15) is 4.31 Å². The van der Waals surface area contributed by atoms with Gasteiger partial charge in [-0.05, 0) is 13.8 Å². The van der Waals surface area contributed by atoms with E-state index in [0.29, 0.717) is 24.7 Å². The van der Waals surface area contributed by atoms with Crippen molar-refractivity contribution in [1.82, 2.24) is 4.31 Å². The molecule has 0 aliphatic heterocycles. The van der Waals surface area contributed by atoms with Gasteiger partial charge in [0.1, 0.15) is 16.4 Å². The van der Waals surface area contributed by atoms with E-state index in [1.807, 2.05) is 6.92 Å².